The Morgan fingerprint density at radius 2 is 1.97 bits per heavy atom. The van der Waals surface area contributed by atoms with Gasteiger partial charge in [0.25, 0.3) is 0 Å². The summed E-state index contributed by atoms with van der Waals surface area (Å²) in [6.45, 7) is 7.98. The zero-order valence-electron chi connectivity index (χ0n) is 21.6. The summed E-state index contributed by atoms with van der Waals surface area (Å²) in [5, 5.41) is 16.7. The van der Waals surface area contributed by atoms with Crippen molar-refractivity contribution in [3.05, 3.63) is 66.1 Å². The molecule has 0 spiro atoms. The third kappa shape index (κ3) is 7.00. The van der Waals surface area contributed by atoms with Crippen LogP contribution in [0.3, 0.4) is 0 Å². The molecule has 38 heavy (non-hydrogen) atoms. The Balaban J connectivity index is 1.34. The van der Waals surface area contributed by atoms with E-state index in [9.17, 15) is 13.6 Å². The Morgan fingerprint density at radius 1 is 1.13 bits per heavy atom. The van der Waals surface area contributed by atoms with Gasteiger partial charge in [0.15, 0.2) is 17.5 Å². The van der Waals surface area contributed by atoms with Gasteiger partial charge in [0, 0.05) is 28.8 Å². The smallest absolute Gasteiger partial charge is 0.230 e. The average molecular weight is 524 g/mol. The first-order valence-electron chi connectivity index (χ1n) is 12.4. The van der Waals surface area contributed by atoms with E-state index in [1.54, 1.807) is 6.07 Å². The number of rotatable bonds is 12. The van der Waals surface area contributed by atoms with Gasteiger partial charge < -0.3 is 20.7 Å². The Labute approximate surface area is 219 Å². The molecule has 1 amide bonds. The number of amides is 1. The fourth-order valence-electron chi connectivity index (χ4n) is 3.65. The molecule has 4 rings (SSSR count). The molecule has 0 atom stereocenters. The van der Waals surface area contributed by atoms with Gasteiger partial charge in [0.05, 0.1) is 24.2 Å². The molecule has 11 heteroatoms. The van der Waals surface area contributed by atoms with Crippen molar-refractivity contribution in [3.8, 4) is 5.75 Å². The molecular formula is C27H31F2N7O2. The summed E-state index contributed by atoms with van der Waals surface area (Å²) in [6.07, 6.45) is 3.27. The van der Waals surface area contributed by atoms with Gasteiger partial charge in [-0.1, -0.05) is 13.0 Å². The number of hydrogen-bond acceptors (Lipinski definition) is 7. The van der Waals surface area contributed by atoms with E-state index < -0.39 is 17.5 Å². The number of carbonyl (C=O) groups excluding carboxylic acids is 1. The molecule has 0 bridgehead atoms. The van der Waals surface area contributed by atoms with E-state index in [4.69, 9.17) is 4.74 Å². The molecule has 0 unspecified atom stereocenters. The van der Waals surface area contributed by atoms with Crippen LogP contribution in [0.15, 0.2) is 48.8 Å². The highest BCUT2D eigenvalue weighted by Gasteiger charge is 2.14. The molecule has 0 aliphatic rings. The van der Waals surface area contributed by atoms with Crippen molar-refractivity contribution in [2.75, 3.05) is 23.8 Å². The van der Waals surface area contributed by atoms with Gasteiger partial charge >= 0.3 is 0 Å². The van der Waals surface area contributed by atoms with Crippen molar-refractivity contribution >= 4 is 34.1 Å². The summed E-state index contributed by atoms with van der Waals surface area (Å²) in [4.78, 5) is 20.9. The van der Waals surface area contributed by atoms with Crippen molar-refractivity contribution in [1.82, 2.24) is 25.5 Å². The molecule has 4 aromatic rings. The maximum Gasteiger partial charge on any atom is 0.230 e. The normalized spacial score (nSPS) is 11.5. The Hall–Kier alpha value is -4.12. The van der Waals surface area contributed by atoms with E-state index in [1.807, 2.05) is 18.2 Å². The Morgan fingerprint density at radius 3 is 2.79 bits per heavy atom. The first-order chi connectivity index (χ1) is 18.2. The number of ether oxygens (including phenoxy) is 1. The van der Waals surface area contributed by atoms with Crippen molar-refractivity contribution in [2.45, 2.75) is 45.6 Å². The van der Waals surface area contributed by atoms with Crippen molar-refractivity contribution in [1.29, 1.82) is 0 Å². The number of anilines is 3. The molecule has 0 saturated carbocycles. The molecule has 4 N–H and O–H groups in total. The Bertz CT molecular complexity index is 1410. The summed E-state index contributed by atoms with van der Waals surface area (Å²) in [7, 11) is 0. The van der Waals surface area contributed by atoms with Gasteiger partial charge in [-0.2, -0.15) is 5.10 Å². The van der Waals surface area contributed by atoms with Gasteiger partial charge in [0.2, 0.25) is 5.91 Å². The first-order valence-corrected chi connectivity index (χ1v) is 12.4. The van der Waals surface area contributed by atoms with Crippen LogP contribution >= 0.6 is 0 Å². The molecule has 0 aliphatic heterocycles. The highest BCUT2D eigenvalue weighted by molar-refractivity contribution is 5.93. The molecule has 0 aliphatic carbocycles. The molecule has 0 saturated heterocycles. The number of hydrogen-bond donors (Lipinski definition) is 4. The molecular weight excluding hydrogens is 492 g/mol. The number of halogens is 2. The van der Waals surface area contributed by atoms with E-state index in [-0.39, 0.29) is 17.6 Å². The molecule has 0 radical (unpaired) electrons. The molecule has 0 fully saturated rings. The number of H-pyrrole nitrogens is 1. The zero-order valence-corrected chi connectivity index (χ0v) is 21.6. The van der Waals surface area contributed by atoms with Crippen LogP contribution in [0.4, 0.5) is 26.1 Å². The summed E-state index contributed by atoms with van der Waals surface area (Å²) >= 11 is 0. The minimum Gasteiger partial charge on any atom is -0.493 e. The van der Waals surface area contributed by atoms with Crippen LogP contribution in [0.25, 0.3) is 10.9 Å². The summed E-state index contributed by atoms with van der Waals surface area (Å²) in [5.74, 6) is -0.959. The van der Waals surface area contributed by atoms with Crippen LogP contribution in [0.2, 0.25) is 0 Å². The molecule has 2 aromatic heterocycles. The van der Waals surface area contributed by atoms with Crippen LogP contribution in [-0.4, -0.2) is 44.8 Å². The highest BCUT2D eigenvalue weighted by atomic mass is 19.2. The number of carbonyl (C=O) groups is 1. The van der Waals surface area contributed by atoms with Crippen LogP contribution in [-0.2, 0) is 11.2 Å². The second-order valence-electron chi connectivity index (χ2n) is 9.50. The van der Waals surface area contributed by atoms with Crippen LogP contribution in [0, 0.1) is 11.6 Å². The summed E-state index contributed by atoms with van der Waals surface area (Å²) < 4.78 is 33.1. The van der Waals surface area contributed by atoms with Crippen molar-refractivity contribution in [3.63, 3.8) is 0 Å². The molecule has 2 heterocycles. The highest BCUT2D eigenvalue weighted by Crippen LogP contribution is 2.26. The van der Waals surface area contributed by atoms with Gasteiger partial charge in [-0.3, -0.25) is 9.89 Å². The third-order valence-corrected chi connectivity index (χ3v) is 6.14. The Kier molecular flexibility index (Phi) is 8.47. The molecule has 200 valence electrons. The largest absolute Gasteiger partial charge is 0.493 e. The predicted molar refractivity (Wildman–Crippen MR) is 143 cm³/mol. The van der Waals surface area contributed by atoms with Crippen LogP contribution < -0.4 is 20.7 Å². The lowest BCUT2D eigenvalue weighted by atomic mass is 10.0. The lowest BCUT2D eigenvalue weighted by molar-refractivity contribution is -0.115. The van der Waals surface area contributed by atoms with Gasteiger partial charge in [0.1, 0.15) is 17.9 Å². The van der Waals surface area contributed by atoms with Gasteiger partial charge in [-0.05, 0) is 57.5 Å². The number of aromatic amines is 1. The number of fused-ring (bicyclic) bond motifs is 1. The van der Waals surface area contributed by atoms with Crippen molar-refractivity contribution in [2.24, 2.45) is 0 Å². The van der Waals surface area contributed by atoms with Gasteiger partial charge in [-0.15, -0.1) is 0 Å². The standard InChI is InChI=1S/C27H31F2N7O2/c1-4-27(2,3)32-11-6-12-38-18-9-10-19-22(15-18)30-16-31-26(19)34-23-13-17(35-36-23)14-24(37)33-21-8-5-7-20(28)25(21)29/h5,7-10,13,15-16,32H,4,6,11-12,14H2,1-3H3,(H,33,37)(H2,30,31,34,35,36). The van der Waals surface area contributed by atoms with Crippen LogP contribution in [0.5, 0.6) is 5.75 Å². The second kappa shape index (κ2) is 12.0. The van der Waals surface area contributed by atoms with E-state index in [0.717, 1.165) is 36.6 Å². The lowest BCUT2D eigenvalue weighted by Crippen LogP contribution is -2.39. The third-order valence-electron chi connectivity index (χ3n) is 6.14. The number of benzene rings is 2. The van der Waals surface area contributed by atoms with E-state index in [1.165, 1.54) is 18.5 Å². The zero-order chi connectivity index (χ0) is 27.1. The second-order valence-corrected chi connectivity index (χ2v) is 9.50. The van der Waals surface area contributed by atoms with Crippen LogP contribution in [0.1, 0.15) is 39.3 Å². The van der Waals surface area contributed by atoms with E-state index >= 15 is 0 Å². The predicted octanol–water partition coefficient (Wildman–Crippen LogP) is 5.10. The minimum atomic E-state index is -1.11. The lowest BCUT2D eigenvalue weighted by Gasteiger charge is -2.24. The number of aromatic nitrogens is 4. The molecule has 2 aromatic carbocycles. The monoisotopic (exact) mass is 523 g/mol. The maximum atomic E-state index is 13.8. The minimum absolute atomic E-state index is 0.110. The SMILES string of the molecule is CCC(C)(C)NCCCOc1ccc2c(Nc3cc(CC(=O)Nc4cccc(F)c4F)[nH]n3)ncnc2c1. The molecule has 9 nitrogen and oxygen atoms in total. The maximum absolute atomic E-state index is 13.8. The topological polar surface area (TPSA) is 117 Å². The van der Waals surface area contributed by atoms with Gasteiger partial charge in [-0.25, -0.2) is 18.7 Å². The first kappa shape index (κ1) is 26.9. The average Bonchev–Trinajstić information content (AvgIpc) is 3.33. The van der Waals surface area contributed by atoms with E-state index in [2.05, 4.69) is 56.9 Å². The quantitative estimate of drug-likeness (QED) is 0.191. The van der Waals surface area contributed by atoms with Crippen molar-refractivity contribution < 1.29 is 18.3 Å². The fourth-order valence-corrected chi connectivity index (χ4v) is 3.65. The fraction of sp³-hybridized carbons (Fsp3) is 0.333. The van der Waals surface area contributed by atoms with E-state index in [0.29, 0.717) is 29.5 Å². The summed E-state index contributed by atoms with van der Waals surface area (Å²) in [5.41, 5.74) is 1.08. The summed E-state index contributed by atoms with van der Waals surface area (Å²) in [6, 6.07) is 10.8. The number of nitrogens with zero attached hydrogens (tertiary/aromatic N) is 3. The number of nitrogens with one attached hydrogen (secondary N) is 4.